The van der Waals surface area contributed by atoms with Crippen LogP contribution in [0.5, 0.6) is 0 Å². The van der Waals surface area contributed by atoms with Crippen LogP contribution in [-0.4, -0.2) is 36.3 Å². The fourth-order valence-electron chi connectivity index (χ4n) is 1.51. The summed E-state index contributed by atoms with van der Waals surface area (Å²) < 4.78 is 4.95. The van der Waals surface area contributed by atoms with Crippen molar-refractivity contribution in [3.8, 4) is 0 Å². The van der Waals surface area contributed by atoms with Crippen LogP contribution in [0.2, 0.25) is 0 Å². The van der Waals surface area contributed by atoms with E-state index in [0.29, 0.717) is 11.7 Å². The average molecular weight is 242 g/mol. The molecule has 0 aromatic carbocycles. The molecule has 0 aliphatic heterocycles. The number of nitrogens with zero attached hydrogens (tertiary/aromatic N) is 2. The van der Waals surface area contributed by atoms with E-state index in [2.05, 4.69) is 9.88 Å². The van der Waals surface area contributed by atoms with Gasteiger partial charge in [0.15, 0.2) is 5.13 Å². The van der Waals surface area contributed by atoms with Gasteiger partial charge in [0, 0.05) is 20.2 Å². The first-order chi connectivity index (χ1) is 7.63. The first-order valence-electron chi connectivity index (χ1n) is 5.08. The Labute approximate surface area is 97.7 Å². The van der Waals surface area contributed by atoms with Gasteiger partial charge in [-0.1, -0.05) is 11.3 Å². The molecule has 1 heterocycles. The van der Waals surface area contributed by atoms with Crippen LogP contribution in [0.15, 0.2) is 0 Å². The second-order valence-electron chi connectivity index (χ2n) is 3.85. The van der Waals surface area contributed by atoms with Crippen molar-refractivity contribution in [3.63, 3.8) is 0 Å². The van der Waals surface area contributed by atoms with Crippen molar-refractivity contribution in [2.75, 3.05) is 19.1 Å². The lowest BCUT2D eigenvalue weighted by atomic mass is 10.4. The molecule has 1 aliphatic carbocycles. The van der Waals surface area contributed by atoms with E-state index in [1.54, 1.807) is 0 Å². The second-order valence-corrected chi connectivity index (χ2v) is 4.83. The molecule has 1 aromatic heterocycles. The molecule has 0 radical (unpaired) electrons. The highest BCUT2D eigenvalue weighted by molar-refractivity contribution is 7.17. The van der Waals surface area contributed by atoms with Gasteiger partial charge in [-0.2, -0.15) is 0 Å². The number of hydrogen-bond acceptors (Lipinski definition) is 5. The summed E-state index contributed by atoms with van der Waals surface area (Å²) in [5.41, 5.74) is 0.516. The van der Waals surface area contributed by atoms with Gasteiger partial charge in [0.1, 0.15) is 4.88 Å². The van der Waals surface area contributed by atoms with Gasteiger partial charge in [-0.15, -0.1) is 0 Å². The Morgan fingerprint density at radius 1 is 1.69 bits per heavy atom. The van der Waals surface area contributed by atoms with Crippen molar-refractivity contribution in [3.05, 3.63) is 10.6 Å². The Morgan fingerprint density at radius 3 is 2.88 bits per heavy atom. The van der Waals surface area contributed by atoms with Gasteiger partial charge < -0.3 is 14.7 Å². The van der Waals surface area contributed by atoms with Crippen molar-refractivity contribution >= 4 is 22.4 Å². The number of ether oxygens (including phenoxy) is 1. The number of thiazole rings is 1. The van der Waals surface area contributed by atoms with E-state index in [1.165, 1.54) is 18.4 Å². The summed E-state index contributed by atoms with van der Waals surface area (Å²) >= 11 is 1.22. The van der Waals surface area contributed by atoms with Crippen molar-refractivity contribution in [2.45, 2.75) is 25.5 Å². The van der Waals surface area contributed by atoms with Crippen LogP contribution in [0.4, 0.5) is 5.13 Å². The van der Waals surface area contributed by atoms with Crippen LogP contribution in [0.1, 0.15) is 28.2 Å². The summed E-state index contributed by atoms with van der Waals surface area (Å²) in [5, 5.41) is 9.81. The molecule has 0 unspecified atom stereocenters. The van der Waals surface area contributed by atoms with E-state index in [9.17, 15) is 4.79 Å². The molecule has 16 heavy (non-hydrogen) atoms. The predicted octanol–water partition coefficient (Wildman–Crippen LogP) is 1.59. The number of hydrogen-bond donors (Lipinski definition) is 1. The average Bonchev–Trinajstić information content (AvgIpc) is 2.99. The maximum absolute atomic E-state index is 11.0. The number of carbonyl (C=O) groups is 1. The summed E-state index contributed by atoms with van der Waals surface area (Å²) in [7, 11) is 3.49. The minimum absolute atomic E-state index is 0.247. The van der Waals surface area contributed by atoms with Gasteiger partial charge in [0.05, 0.1) is 12.3 Å². The summed E-state index contributed by atoms with van der Waals surface area (Å²) in [5.74, 6) is -0.931. The zero-order valence-electron chi connectivity index (χ0n) is 9.27. The monoisotopic (exact) mass is 242 g/mol. The zero-order valence-corrected chi connectivity index (χ0v) is 10.1. The molecule has 0 atom stereocenters. The highest BCUT2D eigenvalue weighted by Gasteiger charge is 2.29. The maximum atomic E-state index is 11.0. The lowest BCUT2D eigenvalue weighted by molar-refractivity contribution is 0.0697. The van der Waals surface area contributed by atoms with Crippen molar-refractivity contribution < 1.29 is 14.6 Å². The molecule has 1 aromatic rings. The van der Waals surface area contributed by atoms with Crippen molar-refractivity contribution in [1.82, 2.24) is 4.98 Å². The standard InChI is InChI=1S/C10H14N2O3S/c1-12(6-3-4-6)10-11-7(5-15-2)8(16-10)9(13)14/h6H,3-5H2,1-2H3,(H,13,14). The summed E-state index contributed by atoms with van der Waals surface area (Å²) in [6, 6.07) is 0.531. The molecule has 6 heteroatoms. The third kappa shape index (κ3) is 2.17. The van der Waals surface area contributed by atoms with Crippen LogP contribution in [0.3, 0.4) is 0 Å². The van der Waals surface area contributed by atoms with E-state index in [4.69, 9.17) is 9.84 Å². The highest BCUT2D eigenvalue weighted by atomic mass is 32.1. The summed E-state index contributed by atoms with van der Waals surface area (Å²) in [6.07, 6.45) is 2.33. The number of rotatable bonds is 5. The molecule has 1 N–H and O–H groups in total. The van der Waals surface area contributed by atoms with Crippen LogP contribution >= 0.6 is 11.3 Å². The van der Waals surface area contributed by atoms with E-state index in [1.807, 2.05) is 7.05 Å². The smallest absolute Gasteiger partial charge is 0.347 e. The molecule has 88 valence electrons. The Hall–Kier alpha value is -1.14. The molecule has 1 aliphatic rings. The van der Waals surface area contributed by atoms with Crippen LogP contribution in [-0.2, 0) is 11.3 Å². The van der Waals surface area contributed by atoms with Gasteiger partial charge >= 0.3 is 5.97 Å². The number of methoxy groups -OCH3 is 1. The molecule has 1 saturated carbocycles. The zero-order chi connectivity index (χ0) is 11.7. The fourth-order valence-corrected chi connectivity index (χ4v) is 2.45. The fraction of sp³-hybridized carbons (Fsp3) is 0.600. The third-order valence-corrected chi connectivity index (χ3v) is 3.73. The lowest BCUT2D eigenvalue weighted by Gasteiger charge is -2.13. The number of carboxylic acids is 1. The third-order valence-electron chi connectivity index (χ3n) is 2.56. The van der Waals surface area contributed by atoms with Crippen molar-refractivity contribution in [2.24, 2.45) is 0 Å². The van der Waals surface area contributed by atoms with E-state index < -0.39 is 5.97 Å². The van der Waals surface area contributed by atoms with E-state index in [-0.39, 0.29) is 11.5 Å². The van der Waals surface area contributed by atoms with Gasteiger partial charge in [-0.3, -0.25) is 0 Å². The molecule has 0 spiro atoms. The quantitative estimate of drug-likeness (QED) is 0.849. The lowest BCUT2D eigenvalue weighted by Crippen LogP contribution is -2.19. The van der Waals surface area contributed by atoms with Gasteiger partial charge in [-0.05, 0) is 12.8 Å². The van der Waals surface area contributed by atoms with Gasteiger partial charge in [-0.25, -0.2) is 9.78 Å². The molecule has 0 amide bonds. The minimum atomic E-state index is -0.931. The Bertz CT molecular complexity index is 401. The van der Waals surface area contributed by atoms with Gasteiger partial charge in [0.2, 0.25) is 0 Å². The van der Waals surface area contributed by atoms with Crippen molar-refractivity contribution in [1.29, 1.82) is 0 Å². The Kier molecular flexibility index (Phi) is 3.11. The first kappa shape index (κ1) is 11.3. The molecule has 0 bridgehead atoms. The molecule has 0 saturated heterocycles. The Balaban J connectivity index is 2.25. The van der Waals surface area contributed by atoms with Gasteiger partial charge in [0.25, 0.3) is 0 Å². The number of aromatic nitrogens is 1. The van der Waals surface area contributed by atoms with E-state index in [0.717, 1.165) is 18.0 Å². The van der Waals surface area contributed by atoms with Crippen LogP contribution < -0.4 is 4.90 Å². The number of aromatic carboxylic acids is 1. The minimum Gasteiger partial charge on any atom is -0.477 e. The van der Waals surface area contributed by atoms with Crippen LogP contribution in [0.25, 0.3) is 0 Å². The molecule has 1 fully saturated rings. The maximum Gasteiger partial charge on any atom is 0.347 e. The normalized spacial score (nSPS) is 15.1. The molecule has 5 nitrogen and oxygen atoms in total. The largest absolute Gasteiger partial charge is 0.477 e. The predicted molar refractivity (Wildman–Crippen MR) is 61.2 cm³/mol. The Morgan fingerprint density at radius 2 is 2.38 bits per heavy atom. The molecular formula is C10H14N2O3S. The SMILES string of the molecule is COCc1nc(N(C)C2CC2)sc1C(=O)O. The molecular weight excluding hydrogens is 228 g/mol. The topological polar surface area (TPSA) is 62.7 Å². The second kappa shape index (κ2) is 4.39. The highest BCUT2D eigenvalue weighted by Crippen LogP contribution is 2.34. The number of anilines is 1. The summed E-state index contributed by atoms with van der Waals surface area (Å²) in [4.78, 5) is 17.7. The van der Waals surface area contributed by atoms with Crippen LogP contribution in [0, 0.1) is 0 Å². The number of carboxylic acid groups (broad SMARTS) is 1. The van der Waals surface area contributed by atoms with E-state index >= 15 is 0 Å². The molecule has 2 rings (SSSR count). The summed E-state index contributed by atoms with van der Waals surface area (Å²) in [6.45, 7) is 0.247. The first-order valence-corrected chi connectivity index (χ1v) is 5.90.